The van der Waals surface area contributed by atoms with E-state index in [1.54, 1.807) is 19.2 Å². The summed E-state index contributed by atoms with van der Waals surface area (Å²) in [5, 5.41) is 22.6. The first-order valence-electron chi connectivity index (χ1n) is 22.7. The molecule has 3 aliphatic carbocycles. The number of halogens is 1. The van der Waals surface area contributed by atoms with Crippen LogP contribution in [0.5, 0.6) is 11.5 Å². The van der Waals surface area contributed by atoms with Crippen molar-refractivity contribution in [2.24, 2.45) is 29.1 Å². The molecule has 3 amide bonds. The third kappa shape index (κ3) is 9.89. The van der Waals surface area contributed by atoms with Crippen molar-refractivity contribution in [3.8, 4) is 22.9 Å². The molecule has 18 heteroatoms. The van der Waals surface area contributed by atoms with E-state index in [0.29, 0.717) is 69.8 Å². The van der Waals surface area contributed by atoms with Crippen LogP contribution >= 0.6 is 22.9 Å². The Morgan fingerprint density at radius 3 is 2.46 bits per heavy atom. The highest BCUT2D eigenvalue weighted by Crippen LogP contribution is 2.57. The average Bonchev–Trinajstić information content (AvgIpc) is 3.67. The Labute approximate surface area is 389 Å². The standard InChI is InChI=1S/C47H62ClN7O9S/c1-9-26-20-47(26,43(58)59)53-41(56)35-18-29(22-55(35)42(57)40(46(5,6)7)52-45(60)64-28-16-31-25(4)32(31)17-28)63-37-19-33(34-23-65-44(51-34)49-24(2)3)50-39-30(37)10-11-36(38(39)48)62-15-14-54-13-12-27(21-54)61-8/h9-11,19,23-29,31-32,35,40H,1,12-18,20-22H2,2-8H3,(H,49,51)(H,52,60)(H,53,56)(H,58,59)/t25?,26-,27-,28?,29?,31-,32+,35+,40-,47-/m1/s1. The lowest BCUT2D eigenvalue weighted by molar-refractivity contribution is -0.146. The minimum atomic E-state index is -1.54. The maximum atomic E-state index is 14.9. The number of aromatic nitrogens is 2. The summed E-state index contributed by atoms with van der Waals surface area (Å²) in [6, 6.07) is 3.29. The van der Waals surface area contributed by atoms with E-state index in [0.717, 1.165) is 32.4 Å². The van der Waals surface area contributed by atoms with Gasteiger partial charge in [0.15, 0.2) is 5.13 Å². The Morgan fingerprint density at radius 2 is 1.82 bits per heavy atom. The second kappa shape index (κ2) is 18.5. The molecule has 1 aromatic carbocycles. The second-order valence-electron chi connectivity index (χ2n) is 19.8. The number of carboxylic acid groups (broad SMARTS) is 1. The number of carbonyl (C=O) groups excluding carboxylic acids is 3. The molecule has 3 aromatic rings. The number of ether oxygens (including phenoxy) is 4. The van der Waals surface area contributed by atoms with Gasteiger partial charge in [-0.1, -0.05) is 45.4 Å². The molecule has 8 rings (SSSR count). The van der Waals surface area contributed by atoms with Crippen LogP contribution < -0.4 is 25.4 Å². The van der Waals surface area contributed by atoms with Gasteiger partial charge < -0.3 is 44.9 Å². The number of hydrogen-bond acceptors (Lipinski definition) is 13. The predicted octanol–water partition coefficient (Wildman–Crippen LogP) is 6.61. The Kier molecular flexibility index (Phi) is 13.3. The highest BCUT2D eigenvalue weighted by molar-refractivity contribution is 7.14. The van der Waals surface area contributed by atoms with Crippen LogP contribution in [-0.2, 0) is 23.9 Å². The van der Waals surface area contributed by atoms with Crippen LogP contribution in [0.1, 0.15) is 73.6 Å². The number of methoxy groups -OCH3 is 1. The molecular formula is C47H62ClN7O9S. The van der Waals surface area contributed by atoms with E-state index in [1.807, 2.05) is 46.1 Å². The van der Waals surface area contributed by atoms with Gasteiger partial charge in [0.1, 0.15) is 58.7 Å². The van der Waals surface area contributed by atoms with Crippen LogP contribution in [0.3, 0.4) is 0 Å². The van der Waals surface area contributed by atoms with Gasteiger partial charge in [0.2, 0.25) is 11.8 Å². The predicted molar refractivity (Wildman–Crippen MR) is 247 cm³/mol. The largest absolute Gasteiger partial charge is 0.491 e. The van der Waals surface area contributed by atoms with E-state index in [2.05, 4.69) is 34.4 Å². The molecule has 10 atom stereocenters. The number of rotatable bonds is 17. The minimum absolute atomic E-state index is 0.0179. The Bertz CT molecular complexity index is 2310. The molecule has 4 N–H and O–H groups in total. The number of hydrogen-bond donors (Lipinski definition) is 4. The monoisotopic (exact) mass is 935 g/mol. The number of carbonyl (C=O) groups is 4. The van der Waals surface area contributed by atoms with Crippen molar-refractivity contribution in [1.82, 2.24) is 30.4 Å². The zero-order chi connectivity index (χ0) is 46.5. The number of nitrogens with zero attached hydrogens (tertiary/aromatic N) is 4. The zero-order valence-corrected chi connectivity index (χ0v) is 39.8. The molecule has 5 aliphatic rings. The first kappa shape index (κ1) is 46.8. The number of aliphatic carboxylic acids is 1. The SMILES string of the molecule is C=C[C@@H]1C[C@]1(NC(=O)[C@@H]1CC(Oc2cc(-c3csc(NC(C)C)n3)nc3c(Cl)c(OCCN4CC[C@@H](OC)C4)ccc23)CN1C(=O)[C@@H](NC(=O)OC1C[C@@H]2C(C)[C@@H]2C1)C(C)(C)C)C(=O)O. The maximum Gasteiger partial charge on any atom is 0.408 e. The lowest BCUT2D eigenvalue weighted by Gasteiger charge is -2.35. The zero-order valence-electron chi connectivity index (χ0n) is 38.2. The first-order chi connectivity index (χ1) is 30.9. The van der Waals surface area contributed by atoms with Gasteiger partial charge >= 0.3 is 12.1 Å². The number of pyridine rings is 1. The van der Waals surface area contributed by atoms with Gasteiger partial charge in [0, 0.05) is 62.0 Å². The number of nitrogens with one attached hydrogen (secondary N) is 3. The van der Waals surface area contributed by atoms with Crippen molar-refractivity contribution >= 4 is 62.8 Å². The van der Waals surface area contributed by atoms with Gasteiger partial charge in [0.25, 0.3) is 0 Å². The van der Waals surface area contributed by atoms with Crippen LogP contribution in [0, 0.1) is 29.1 Å². The van der Waals surface area contributed by atoms with Crippen molar-refractivity contribution < 1.29 is 43.2 Å². The smallest absolute Gasteiger partial charge is 0.408 e. The van der Waals surface area contributed by atoms with Crippen LogP contribution in [-0.4, -0.2) is 131 Å². The van der Waals surface area contributed by atoms with Gasteiger partial charge in [-0.25, -0.2) is 19.6 Å². The summed E-state index contributed by atoms with van der Waals surface area (Å²) in [7, 11) is 1.73. The van der Waals surface area contributed by atoms with E-state index < -0.39 is 58.9 Å². The highest BCUT2D eigenvalue weighted by atomic mass is 35.5. The van der Waals surface area contributed by atoms with Gasteiger partial charge in [-0.3, -0.25) is 14.5 Å². The number of likely N-dealkylation sites (tertiary alicyclic amines) is 2. The number of benzene rings is 1. The molecule has 0 bridgehead atoms. The lowest BCUT2D eigenvalue weighted by atomic mass is 9.85. The van der Waals surface area contributed by atoms with E-state index in [4.69, 9.17) is 40.5 Å². The number of amides is 3. The molecular weight excluding hydrogens is 874 g/mol. The van der Waals surface area contributed by atoms with E-state index in [9.17, 15) is 24.3 Å². The van der Waals surface area contributed by atoms with Gasteiger partial charge in [-0.15, -0.1) is 17.9 Å². The van der Waals surface area contributed by atoms with E-state index in [1.165, 1.54) is 22.3 Å². The fourth-order valence-electron chi connectivity index (χ4n) is 9.94. The van der Waals surface area contributed by atoms with Crippen molar-refractivity contribution in [2.75, 3.05) is 45.2 Å². The van der Waals surface area contributed by atoms with Crippen molar-refractivity contribution in [3.05, 3.63) is 41.3 Å². The Morgan fingerprint density at radius 1 is 1.06 bits per heavy atom. The molecule has 0 spiro atoms. The molecule has 2 aromatic heterocycles. The van der Waals surface area contributed by atoms with Crippen LogP contribution in [0.25, 0.3) is 22.3 Å². The number of alkyl carbamates (subject to hydrolysis) is 1. The van der Waals surface area contributed by atoms with Crippen LogP contribution in [0.15, 0.2) is 36.2 Å². The summed E-state index contributed by atoms with van der Waals surface area (Å²) in [6.07, 6.45) is 2.81. The number of thiazole rings is 1. The van der Waals surface area contributed by atoms with Crippen molar-refractivity contribution in [3.63, 3.8) is 0 Å². The molecule has 0 radical (unpaired) electrons. The molecule has 352 valence electrons. The molecule has 2 aliphatic heterocycles. The van der Waals surface area contributed by atoms with Gasteiger partial charge in [-0.2, -0.15) is 0 Å². The summed E-state index contributed by atoms with van der Waals surface area (Å²) in [5.74, 6) is -0.220. The molecule has 3 unspecified atom stereocenters. The lowest BCUT2D eigenvalue weighted by Crippen LogP contribution is -2.59. The normalized spacial score (nSPS) is 28.7. The van der Waals surface area contributed by atoms with Crippen molar-refractivity contribution in [1.29, 1.82) is 0 Å². The topological polar surface area (TPSA) is 194 Å². The van der Waals surface area contributed by atoms with E-state index in [-0.39, 0.29) is 42.7 Å². The fraction of sp³-hybridized carbons (Fsp3) is 0.617. The second-order valence-corrected chi connectivity index (χ2v) is 21.1. The molecule has 16 nitrogen and oxygen atoms in total. The quantitative estimate of drug-likeness (QED) is 0.106. The van der Waals surface area contributed by atoms with Crippen LogP contribution in [0.2, 0.25) is 5.02 Å². The van der Waals surface area contributed by atoms with Crippen LogP contribution in [0.4, 0.5) is 9.93 Å². The molecule has 2 saturated heterocycles. The first-order valence-corrected chi connectivity index (χ1v) is 24.0. The number of fused-ring (bicyclic) bond motifs is 2. The third-order valence-electron chi connectivity index (χ3n) is 13.9. The maximum absolute atomic E-state index is 14.9. The fourth-order valence-corrected chi connectivity index (χ4v) is 11.1. The van der Waals surface area contributed by atoms with E-state index >= 15 is 0 Å². The molecule has 3 saturated carbocycles. The summed E-state index contributed by atoms with van der Waals surface area (Å²) in [5.41, 5.74) is -0.855. The third-order valence-corrected chi connectivity index (χ3v) is 15.0. The Hall–Kier alpha value is -4.71. The van der Waals surface area contributed by atoms with Crippen molar-refractivity contribution in [2.45, 2.75) is 116 Å². The summed E-state index contributed by atoms with van der Waals surface area (Å²) in [4.78, 5) is 68.6. The summed E-state index contributed by atoms with van der Waals surface area (Å²) < 4.78 is 24.4. The molecule has 5 fully saturated rings. The Balaban J connectivity index is 1.08. The minimum Gasteiger partial charge on any atom is -0.491 e. The molecule has 4 heterocycles. The van der Waals surface area contributed by atoms with Gasteiger partial charge in [-0.05, 0) is 74.8 Å². The summed E-state index contributed by atoms with van der Waals surface area (Å²) >= 11 is 8.57. The summed E-state index contributed by atoms with van der Waals surface area (Å²) in [6.45, 7) is 18.3. The van der Waals surface area contributed by atoms with Gasteiger partial charge in [0.05, 0.1) is 23.9 Å². The highest BCUT2D eigenvalue weighted by Gasteiger charge is 2.61. The molecule has 65 heavy (non-hydrogen) atoms. The number of carboxylic acids is 1. The average molecular weight is 937 g/mol. The number of anilines is 1.